The van der Waals surface area contributed by atoms with Crippen LogP contribution in [0, 0.1) is 5.41 Å². The summed E-state index contributed by atoms with van der Waals surface area (Å²) in [6.45, 7) is 2.67. The van der Waals surface area contributed by atoms with Crippen molar-refractivity contribution in [2.45, 2.75) is 43.4 Å². The maximum atomic E-state index is 12.3. The number of pyridine rings is 2. The summed E-state index contributed by atoms with van der Waals surface area (Å²) in [6, 6.07) is 9.82. The Balaban J connectivity index is 1.30. The van der Waals surface area contributed by atoms with Crippen LogP contribution in [0.15, 0.2) is 53.8 Å². The van der Waals surface area contributed by atoms with Gasteiger partial charge in [-0.1, -0.05) is 11.6 Å². The molecular formula is C27H32ClN3O3S. The van der Waals surface area contributed by atoms with Gasteiger partial charge in [0.2, 0.25) is 0 Å². The number of carbonyl (C=O) groups is 1. The zero-order valence-corrected chi connectivity index (χ0v) is 21.7. The average Bonchev–Trinajstić information content (AvgIpc) is 2.89. The number of fused-ring (bicyclic) bond motifs is 1. The summed E-state index contributed by atoms with van der Waals surface area (Å²) in [5, 5.41) is 11.7. The molecule has 1 aromatic carbocycles. The van der Waals surface area contributed by atoms with Crippen molar-refractivity contribution in [1.82, 2.24) is 14.9 Å². The molecule has 0 unspecified atom stereocenters. The van der Waals surface area contributed by atoms with Crippen molar-refractivity contribution in [2.75, 3.05) is 32.5 Å². The molecule has 8 heteroatoms. The molecule has 35 heavy (non-hydrogen) atoms. The lowest BCUT2D eigenvalue weighted by molar-refractivity contribution is -0.152. The van der Waals surface area contributed by atoms with Crippen LogP contribution < -0.4 is 4.74 Å². The topological polar surface area (TPSA) is 75.6 Å². The normalized spacial score (nSPS) is 15.8. The average molecular weight is 514 g/mol. The van der Waals surface area contributed by atoms with Gasteiger partial charge in [-0.2, -0.15) is 0 Å². The second-order valence-electron chi connectivity index (χ2n) is 9.14. The van der Waals surface area contributed by atoms with Gasteiger partial charge in [0.05, 0.1) is 23.1 Å². The maximum Gasteiger partial charge on any atom is 0.309 e. The van der Waals surface area contributed by atoms with E-state index in [0.29, 0.717) is 24.3 Å². The lowest BCUT2D eigenvalue weighted by atomic mass is 9.74. The van der Waals surface area contributed by atoms with Crippen molar-refractivity contribution in [3.05, 3.63) is 59.5 Å². The van der Waals surface area contributed by atoms with Gasteiger partial charge < -0.3 is 14.7 Å². The second kappa shape index (κ2) is 12.1. The predicted octanol–water partition coefficient (Wildman–Crippen LogP) is 5.96. The molecule has 1 N–H and O–H groups in total. The summed E-state index contributed by atoms with van der Waals surface area (Å²) in [4.78, 5) is 24.5. The van der Waals surface area contributed by atoms with Gasteiger partial charge in [0.25, 0.3) is 0 Å². The maximum absolute atomic E-state index is 12.3. The lowest BCUT2D eigenvalue weighted by Gasteiger charge is -2.39. The fourth-order valence-electron chi connectivity index (χ4n) is 4.87. The van der Waals surface area contributed by atoms with Crippen molar-refractivity contribution in [2.24, 2.45) is 5.41 Å². The first kappa shape index (κ1) is 25.7. The number of halogens is 1. The number of carboxylic acid groups (broad SMARTS) is 1. The monoisotopic (exact) mass is 513 g/mol. The third kappa shape index (κ3) is 6.46. The van der Waals surface area contributed by atoms with Crippen molar-refractivity contribution < 1.29 is 14.6 Å². The van der Waals surface area contributed by atoms with Crippen LogP contribution in [0.5, 0.6) is 5.75 Å². The Labute approximate surface area is 216 Å². The Morgan fingerprint density at radius 2 is 2.06 bits per heavy atom. The Morgan fingerprint density at radius 1 is 1.23 bits per heavy atom. The summed E-state index contributed by atoms with van der Waals surface area (Å²) in [6.07, 6.45) is 9.97. The lowest BCUT2D eigenvalue weighted by Crippen LogP contribution is -2.44. The standard InChI is InChI=1S/C27H32ClN3O3S/c1-34-20-7-8-25-23(17-20)22(24(28)19-30-25)6-2-9-27(26(32)33)10-14-31(15-11-27)13-4-16-35-21-5-3-12-29-18-21/h3,5,7-8,12,17-19H,2,4,6,9-11,13-16H2,1H3,(H,32,33). The van der Waals surface area contributed by atoms with Crippen LogP contribution in [0.2, 0.25) is 5.02 Å². The van der Waals surface area contributed by atoms with Crippen LogP contribution in [0.3, 0.4) is 0 Å². The quantitative estimate of drug-likeness (QED) is 0.250. The number of rotatable bonds is 11. The van der Waals surface area contributed by atoms with Crippen molar-refractivity contribution >= 4 is 40.2 Å². The van der Waals surface area contributed by atoms with E-state index in [1.54, 1.807) is 19.5 Å². The van der Waals surface area contributed by atoms with E-state index < -0.39 is 11.4 Å². The molecule has 0 aliphatic carbocycles. The number of ether oxygens (including phenoxy) is 1. The van der Waals surface area contributed by atoms with E-state index in [2.05, 4.69) is 20.9 Å². The van der Waals surface area contributed by atoms with Gasteiger partial charge in [-0.3, -0.25) is 14.8 Å². The number of aliphatic carboxylic acids is 1. The van der Waals surface area contributed by atoms with E-state index in [-0.39, 0.29) is 0 Å². The first-order chi connectivity index (χ1) is 17.0. The molecule has 1 aliphatic heterocycles. The minimum absolute atomic E-state index is 0.620. The largest absolute Gasteiger partial charge is 0.497 e. The number of aryl methyl sites for hydroxylation is 1. The van der Waals surface area contributed by atoms with Gasteiger partial charge in [-0.15, -0.1) is 11.8 Å². The predicted molar refractivity (Wildman–Crippen MR) is 142 cm³/mol. The SMILES string of the molecule is COc1ccc2ncc(Cl)c(CCCC3(C(=O)O)CCN(CCCSc4cccnc4)CC3)c2c1. The Morgan fingerprint density at radius 3 is 2.77 bits per heavy atom. The number of benzene rings is 1. The van der Waals surface area contributed by atoms with Crippen LogP contribution >= 0.6 is 23.4 Å². The molecule has 3 aromatic rings. The van der Waals surface area contributed by atoms with Crippen LogP contribution in [-0.4, -0.2) is 58.4 Å². The number of methoxy groups -OCH3 is 1. The smallest absolute Gasteiger partial charge is 0.309 e. The van der Waals surface area contributed by atoms with Gasteiger partial charge in [0.15, 0.2) is 0 Å². The fourth-order valence-corrected chi connectivity index (χ4v) is 5.94. The van der Waals surface area contributed by atoms with Gasteiger partial charge >= 0.3 is 5.97 Å². The zero-order valence-electron chi connectivity index (χ0n) is 20.1. The highest BCUT2D eigenvalue weighted by Crippen LogP contribution is 2.38. The third-order valence-corrected chi connectivity index (χ3v) is 8.40. The van der Waals surface area contributed by atoms with Crippen LogP contribution in [0.4, 0.5) is 0 Å². The van der Waals surface area contributed by atoms with Crippen LogP contribution in [0.1, 0.15) is 37.7 Å². The number of thioether (sulfide) groups is 1. The van der Waals surface area contributed by atoms with Gasteiger partial charge in [0.1, 0.15) is 5.75 Å². The Kier molecular flexibility index (Phi) is 8.87. The first-order valence-electron chi connectivity index (χ1n) is 12.1. The minimum atomic E-state index is -0.670. The highest BCUT2D eigenvalue weighted by atomic mass is 35.5. The highest BCUT2D eigenvalue weighted by molar-refractivity contribution is 7.99. The van der Waals surface area contributed by atoms with Gasteiger partial charge in [0, 0.05) is 28.9 Å². The molecule has 186 valence electrons. The Hall–Kier alpha value is -2.35. The molecule has 1 aliphatic rings. The molecule has 0 atom stereocenters. The molecule has 0 spiro atoms. The number of likely N-dealkylation sites (tertiary alicyclic amines) is 1. The van der Waals surface area contributed by atoms with Crippen molar-refractivity contribution in [1.29, 1.82) is 0 Å². The molecule has 4 rings (SSSR count). The zero-order chi connectivity index (χ0) is 24.7. The fraction of sp³-hybridized carbons (Fsp3) is 0.444. The highest BCUT2D eigenvalue weighted by Gasteiger charge is 2.40. The molecule has 1 fully saturated rings. The number of hydrogen-bond acceptors (Lipinski definition) is 6. The number of hydrogen-bond donors (Lipinski definition) is 1. The van der Waals surface area contributed by atoms with E-state index in [4.69, 9.17) is 16.3 Å². The molecule has 0 radical (unpaired) electrons. The summed E-state index contributed by atoms with van der Waals surface area (Å²) in [5.41, 5.74) is 1.22. The molecule has 2 aromatic heterocycles. The van der Waals surface area contributed by atoms with Crippen molar-refractivity contribution in [3.63, 3.8) is 0 Å². The second-order valence-corrected chi connectivity index (χ2v) is 10.7. The molecule has 0 saturated carbocycles. The van der Waals surface area contributed by atoms with Crippen molar-refractivity contribution in [3.8, 4) is 5.75 Å². The minimum Gasteiger partial charge on any atom is -0.497 e. The van der Waals surface area contributed by atoms with Gasteiger partial charge in [-0.25, -0.2) is 0 Å². The summed E-state index contributed by atoms with van der Waals surface area (Å²) < 4.78 is 5.37. The number of piperidine rings is 1. The first-order valence-corrected chi connectivity index (χ1v) is 13.5. The van der Waals surface area contributed by atoms with E-state index >= 15 is 0 Å². The molecule has 3 heterocycles. The third-order valence-electron chi connectivity index (χ3n) is 7.00. The number of carboxylic acids is 1. The molecule has 6 nitrogen and oxygen atoms in total. The van der Waals surface area contributed by atoms with E-state index in [1.165, 1.54) is 4.90 Å². The molecule has 0 bridgehead atoms. The summed E-state index contributed by atoms with van der Waals surface area (Å²) in [7, 11) is 1.64. The Bertz CT molecular complexity index is 1140. The summed E-state index contributed by atoms with van der Waals surface area (Å²) >= 11 is 8.33. The molecule has 1 saturated heterocycles. The van der Waals surface area contributed by atoms with Gasteiger partial charge in [-0.05, 0) is 99.8 Å². The van der Waals surface area contributed by atoms with E-state index in [9.17, 15) is 9.90 Å². The molecular weight excluding hydrogens is 482 g/mol. The summed E-state index contributed by atoms with van der Waals surface area (Å²) in [5.74, 6) is 1.13. The van der Waals surface area contributed by atoms with E-state index in [0.717, 1.165) is 66.9 Å². The van der Waals surface area contributed by atoms with E-state index in [1.807, 2.05) is 42.2 Å². The number of aromatic nitrogens is 2. The molecule has 0 amide bonds. The van der Waals surface area contributed by atoms with Crippen LogP contribution in [-0.2, 0) is 11.2 Å². The van der Waals surface area contributed by atoms with Crippen LogP contribution in [0.25, 0.3) is 10.9 Å². The number of nitrogens with zero attached hydrogens (tertiary/aromatic N) is 3.